The Hall–Kier alpha value is -1.28. The summed E-state index contributed by atoms with van der Waals surface area (Å²) in [5.41, 5.74) is 3.64. The molecular formula is C14H14BrN. The average Bonchev–Trinajstić information content (AvgIpc) is 2.30. The maximum atomic E-state index is 3.49. The van der Waals surface area contributed by atoms with Crippen LogP contribution in [0.4, 0.5) is 5.69 Å². The molecule has 0 saturated carbocycles. The SMILES string of the molecule is CCNc1ccc(-c2cccc(Br)c2)cc1. The van der Waals surface area contributed by atoms with E-state index in [0.717, 1.165) is 11.0 Å². The fraction of sp³-hybridized carbons (Fsp3) is 0.143. The molecule has 0 saturated heterocycles. The molecule has 2 heteroatoms. The highest BCUT2D eigenvalue weighted by Gasteiger charge is 1.98. The first-order valence-electron chi connectivity index (χ1n) is 5.39. The molecule has 0 aliphatic rings. The van der Waals surface area contributed by atoms with E-state index in [9.17, 15) is 0 Å². The molecule has 0 spiro atoms. The van der Waals surface area contributed by atoms with Gasteiger partial charge >= 0.3 is 0 Å². The van der Waals surface area contributed by atoms with E-state index in [4.69, 9.17) is 0 Å². The summed E-state index contributed by atoms with van der Waals surface area (Å²) < 4.78 is 1.11. The zero-order valence-electron chi connectivity index (χ0n) is 9.20. The summed E-state index contributed by atoms with van der Waals surface area (Å²) in [6.07, 6.45) is 0. The maximum Gasteiger partial charge on any atom is 0.0340 e. The molecule has 1 nitrogen and oxygen atoms in total. The van der Waals surface area contributed by atoms with Crippen LogP contribution < -0.4 is 5.32 Å². The van der Waals surface area contributed by atoms with Crippen LogP contribution >= 0.6 is 15.9 Å². The molecule has 2 aromatic rings. The van der Waals surface area contributed by atoms with Crippen LogP contribution in [0, 0.1) is 0 Å². The molecule has 0 fully saturated rings. The van der Waals surface area contributed by atoms with Crippen molar-refractivity contribution in [1.82, 2.24) is 0 Å². The van der Waals surface area contributed by atoms with E-state index in [1.807, 2.05) is 6.07 Å². The van der Waals surface area contributed by atoms with Crippen LogP contribution in [-0.4, -0.2) is 6.54 Å². The molecule has 0 atom stereocenters. The van der Waals surface area contributed by atoms with Gasteiger partial charge in [0.15, 0.2) is 0 Å². The standard InChI is InChI=1S/C14H14BrN/c1-2-16-14-8-6-11(7-9-14)12-4-3-5-13(15)10-12/h3-10,16H,2H2,1H3. The first-order valence-corrected chi connectivity index (χ1v) is 6.19. The lowest BCUT2D eigenvalue weighted by Gasteiger charge is -2.05. The summed E-state index contributed by atoms with van der Waals surface area (Å²) in [7, 11) is 0. The highest BCUT2D eigenvalue weighted by atomic mass is 79.9. The van der Waals surface area contributed by atoms with Crippen LogP contribution in [0.5, 0.6) is 0 Å². The molecule has 0 aliphatic heterocycles. The molecule has 2 aromatic carbocycles. The monoisotopic (exact) mass is 275 g/mol. The van der Waals surface area contributed by atoms with Gasteiger partial charge in [-0.05, 0) is 42.3 Å². The van der Waals surface area contributed by atoms with E-state index in [2.05, 4.69) is 70.6 Å². The number of anilines is 1. The predicted octanol–water partition coefficient (Wildman–Crippen LogP) is 4.55. The van der Waals surface area contributed by atoms with Crippen LogP contribution in [0.15, 0.2) is 53.0 Å². The normalized spacial score (nSPS) is 10.1. The largest absolute Gasteiger partial charge is 0.385 e. The molecule has 2 rings (SSSR count). The number of benzene rings is 2. The molecule has 0 aromatic heterocycles. The second-order valence-corrected chi connectivity index (χ2v) is 4.53. The smallest absolute Gasteiger partial charge is 0.0340 e. The van der Waals surface area contributed by atoms with E-state index in [0.29, 0.717) is 0 Å². The minimum Gasteiger partial charge on any atom is -0.385 e. The van der Waals surface area contributed by atoms with Gasteiger partial charge in [-0.2, -0.15) is 0 Å². The Kier molecular flexibility index (Phi) is 3.62. The number of hydrogen-bond acceptors (Lipinski definition) is 1. The van der Waals surface area contributed by atoms with Crippen molar-refractivity contribution in [1.29, 1.82) is 0 Å². The first-order chi connectivity index (χ1) is 7.79. The van der Waals surface area contributed by atoms with Crippen molar-refractivity contribution in [2.75, 3.05) is 11.9 Å². The van der Waals surface area contributed by atoms with Crippen LogP contribution in [0.1, 0.15) is 6.92 Å². The summed E-state index contributed by atoms with van der Waals surface area (Å²) >= 11 is 3.49. The van der Waals surface area contributed by atoms with Gasteiger partial charge < -0.3 is 5.32 Å². The Labute approximate surface area is 105 Å². The fourth-order valence-electron chi connectivity index (χ4n) is 1.65. The Morgan fingerprint density at radius 3 is 2.38 bits per heavy atom. The summed E-state index contributed by atoms with van der Waals surface area (Å²) in [5.74, 6) is 0. The van der Waals surface area contributed by atoms with E-state index < -0.39 is 0 Å². The van der Waals surface area contributed by atoms with Gasteiger partial charge in [0.2, 0.25) is 0 Å². The summed E-state index contributed by atoms with van der Waals surface area (Å²) in [6, 6.07) is 16.8. The second-order valence-electron chi connectivity index (χ2n) is 3.62. The molecule has 16 heavy (non-hydrogen) atoms. The third kappa shape index (κ3) is 2.64. The van der Waals surface area contributed by atoms with Gasteiger partial charge in [0, 0.05) is 16.7 Å². The van der Waals surface area contributed by atoms with Crippen molar-refractivity contribution >= 4 is 21.6 Å². The lowest BCUT2D eigenvalue weighted by atomic mass is 10.1. The topological polar surface area (TPSA) is 12.0 Å². The third-order valence-corrected chi connectivity index (χ3v) is 2.92. The highest BCUT2D eigenvalue weighted by molar-refractivity contribution is 9.10. The summed E-state index contributed by atoms with van der Waals surface area (Å²) in [6.45, 7) is 3.05. The van der Waals surface area contributed by atoms with Crippen LogP contribution in [0.2, 0.25) is 0 Å². The lowest BCUT2D eigenvalue weighted by Crippen LogP contribution is -1.95. The maximum absolute atomic E-state index is 3.49. The number of halogens is 1. The van der Waals surface area contributed by atoms with Crippen LogP contribution in [0.3, 0.4) is 0 Å². The van der Waals surface area contributed by atoms with Crippen molar-refractivity contribution in [3.8, 4) is 11.1 Å². The first kappa shape index (κ1) is 11.2. The van der Waals surface area contributed by atoms with Gasteiger partial charge in [-0.25, -0.2) is 0 Å². The molecule has 0 bridgehead atoms. The minimum absolute atomic E-state index is 0.955. The Bertz CT molecular complexity index is 462. The predicted molar refractivity (Wildman–Crippen MR) is 73.7 cm³/mol. The Morgan fingerprint density at radius 1 is 1.00 bits per heavy atom. The fourth-order valence-corrected chi connectivity index (χ4v) is 2.05. The molecule has 0 unspecified atom stereocenters. The number of hydrogen-bond donors (Lipinski definition) is 1. The molecule has 0 aliphatic carbocycles. The van der Waals surface area contributed by atoms with Gasteiger partial charge in [0.1, 0.15) is 0 Å². The highest BCUT2D eigenvalue weighted by Crippen LogP contribution is 2.24. The number of rotatable bonds is 3. The molecule has 0 amide bonds. The van der Waals surface area contributed by atoms with Crippen molar-refractivity contribution in [2.45, 2.75) is 6.92 Å². The van der Waals surface area contributed by atoms with Crippen LogP contribution in [0.25, 0.3) is 11.1 Å². The molecule has 0 radical (unpaired) electrons. The van der Waals surface area contributed by atoms with Crippen molar-refractivity contribution < 1.29 is 0 Å². The zero-order valence-corrected chi connectivity index (χ0v) is 10.8. The molecule has 82 valence electrons. The van der Waals surface area contributed by atoms with Gasteiger partial charge in [0.25, 0.3) is 0 Å². The van der Waals surface area contributed by atoms with Gasteiger partial charge in [-0.3, -0.25) is 0 Å². The Morgan fingerprint density at radius 2 is 1.75 bits per heavy atom. The van der Waals surface area contributed by atoms with E-state index in [-0.39, 0.29) is 0 Å². The summed E-state index contributed by atoms with van der Waals surface area (Å²) in [4.78, 5) is 0. The summed E-state index contributed by atoms with van der Waals surface area (Å²) in [5, 5.41) is 3.29. The molecule has 1 N–H and O–H groups in total. The van der Waals surface area contributed by atoms with Crippen molar-refractivity contribution in [3.05, 3.63) is 53.0 Å². The van der Waals surface area contributed by atoms with Crippen molar-refractivity contribution in [2.24, 2.45) is 0 Å². The van der Waals surface area contributed by atoms with Gasteiger partial charge in [-0.1, -0.05) is 40.2 Å². The zero-order chi connectivity index (χ0) is 11.4. The van der Waals surface area contributed by atoms with Crippen molar-refractivity contribution in [3.63, 3.8) is 0 Å². The molecule has 0 heterocycles. The lowest BCUT2D eigenvalue weighted by molar-refractivity contribution is 1.21. The number of nitrogens with one attached hydrogen (secondary N) is 1. The van der Waals surface area contributed by atoms with Gasteiger partial charge in [-0.15, -0.1) is 0 Å². The minimum atomic E-state index is 0.955. The second kappa shape index (κ2) is 5.17. The van der Waals surface area contributed by atoms with Crippen LogP contribution in [-0.2, 0) is 0 Å². The van der Waals surface area contributed by atoms with E-state index in [1.54, 1.807) is 0 Å². The van der Waals surface area contributed by atoms with Gasteiger partial charge in [0.05, 0.1) is 0 Å². The molecular weight excluding hydrogens is 262 g/mol. The van der Waals surface area contributed by atoms with E-state index in [1.165, 1.54) is 16.8 Å². The Balaban J connectivity index is 2.27. The average molecular weight is 276 g/mol. The van der Waals surface area contributed by atoms with E-state index >= 15 is 0 Å². The quantitative estimate of drug-likeness (QED) is 0.867. The third-order valence-electron chi connectivity index (χ3n) is 2.42.